The molecule has 2 aliphatic heterocycles. The molecule has 0 spiro atoms. The van der Waals surface area contributed by atoms with E-state index in [0.717, 1.165) is 33.9 Å². The fourth-order valence-electron chi connectivity index (χ4n) is 5.18. The lowest BCUT2D eigenvalue weighted by Crippen LogP contribution is -2.46. The van der Waals surface area contributed by atoms with E-state index in [1.54, 1.807) is 24.3 Å². The third-order valence-electron chi connectivity index (χ3n) is 6.93. The lowest BCUT2D eigenvalue weighted by atomic mass is 9.93. The van der Waals surface area contributed by atoms with E-state index in [2.05, 4.69) is 10.2 Å². The Kier molecular flexibility index (Phi) is 5.33. The Morgan fingerprint density at radius 1 is 0.744 bits per heavy atom. The van der Waals surface area contributed by atoms with Crippen LogP contribution in [0.1, 0.15) is 22.9 Å². The number of aryl methyl sites for hydroxylation is 1. The van der Waals surface area contributed by atoms with Crippen molar-refractivity contribution in [1.29, 1.82) is 0 Å². The molecule has 4 aromatic carbocycles. The summed E-state index contributed by atoms with van der Waals surface area (Å²) in [5.41, 5.74) is 5.80. The third-order valence-corrected chi connectivity index (χ3v) is 6.93. The first-order chi connectivity index (χ1) is 19.1. The van der Waals surface area contributed by atoms with Crippen molar-refractivity contribution < 1.29 is 8.78 Å². The highest BCUT2D eigenvalue weighted by atomic mass is 19.1. The molecule has 190 valence electrons. The molecule has 0 saturated carbocycles. The van der Waals surface area contributed by atoms with Gasteiger partial charge in [0.15, 0.2) is 17.5 Å². The number of hydrogen-bond acceptors (Lipinski definition) is 5. The van der Waals surface area contributed by atoms with Crippen LogP contribution in [0.5, 0.6) is 0 Å². The Bertz CT molecular complexity index is 1760. The largest absolute Gasteiger partial charge is 0.337 e. The Labute approximate surface area is 223 Å². The highest BCUT2D eigenvalue weighted by Crippen LogP contribution is 2.48. The normalized spacial score (nSPS) is 15.6. The Hall–Kier alpha value is -5.11. The number of para-hydroxylation sites is 3. The standard InChI is InChI=1S/C31H22F2N6/c1-19-27-28(20-11-13-21(32)14-12-20)38-26-10-6-5-9-25(26)35-29(34-23-17-15-22(33)16-18-23)31(38)36-30(27)39(37-19)24-7-3-2-4-8-24/h2-18,28H,1H3,(H,34,35)/t28-/m1/s1. The van der Waals surface area contributed by atoms with Gasteiger partial charge in [0.2, 0.25) is 0 Å². The van der Waals surface area contributed by atoms with E-state index in [0.29, 0.717) is 23.2 Å². The van der Waals surface area contributed by atoms with E-state index in [9.17, 15) is 8.78 Å². The van der Waals surface area contributed by atoms with Crippen molar-refractivity contribution in [2.24, 2.45) is 9.98 Å². The molecule has 3 heterocycles. The van der Waals surface area contributed by atoms with Crippen molar-refractivity contribution in [3.8, 4) is 5.69 Å². The predicted octanol–water partition coefficient (Wildman–Crippen LogP) is 7.25. The molecule has 8 heteroatoms. The van der Waals surface area contributed by atoms with Crippen LogP contribution in [-0.4, -0.2) is 21.5 Å². The summed E-state index contributed by atoms with van der Waals surface area (Å²) < 4.78 is 29.5. The third kappa shape index (κ3) is 3.88. The summed E-state index contributed by atoms with van der Waals surface area (Å²) in [6.07, 6.45) is 0. The molecule has 6 nitrogen and oxygen atoms in total. The van der Waals surface area contributed by atoms with Crippen molar-refractivity contribution in [3.63, 3.8) is 0 Å². The molecule has 5 aromatic rings. The molecular formula is C31H22F2N6. The molecule has 1 N–H and O–H groups in total. The molecule has 0 saturated heterocycles. The van der Waals surface area contributed by atoms with Crippen LogP contribution >= 0.6 is 0 Å². The minimum atomic E-state index is -0.354. The van der Waals surface area contributed by atoms with Gasteiger partial charge in [-0.15, -0.1) is 0 Å². The van der Waals surface area contributed by atoms with Crippen molar-refractivity contribution in [1.82, 2.24) is 9.78 Å². The quantitative estimate of drug-likeness (QED) is 0.275. The van der Waals surface area contributed by atoms with Gasteiger partial charge in [0.1, 0.15) is 11.6 Å². The molecule has 0 aliphatic carbocycles. The Morgan fingerprint density at radius 2 is 1.41 bits per heavy atom. The van der Waals surface area contributed by atoms with Gasteiger partial charge < -0.3 is 10.2 Å². The number of anilines is 2. The molecular weight excluding hydrogens is 494 g/mol. The maximum Gasteiger partial charge on any atom is 0.179 e. The summed E-state index contributed by atoms with van der Waals surface area (Å²) in [7, 11) is 0. The lowest BCUT2D eigenvalue weighted by molar-refractivity contribution is 0.626. The minimum absolute atomic E-state index is 0.306. The maximum absolute atomic E-state index is 14.0. The first-order valence-corrected chi connectivity index (χ1v) is 12.6. The summed E-state index contributed by atoms with van der Waals surface area (Å²) in [6.45, 7) is 1.97. The monoisotopic (exact) mass is 516 g/mol. The average molecular weight is 517 g/mol. The van der Waals surface area contributed by atoms with Crippen LogP contribution in [0.2, 0.25) is 0 Å². The van der Waals surface area contributed by atoms with Crippen molar-refractivity contribution >= 4 is 34.6 Å². The highest BCUT2D eigenvalue weighted by Gasteiger charge is 2.41. The molecule has 0 bridgehead atoms. The van der Waals surface area contributed by atoms with E-state index in [4.69, 9.17) is 15.1 Å². The second kappa shape index (κ2) is 9.02. The number of aromatic nitrogens is 2. The number of fused-ring (bicyclic) bond motifs is 4. The summed E-state index contributed by atoms with van der Waals surface area (Å²) >= 11 is 0. The van der Waals surface area contributed by atoms with Crippen LogP contribution < -0.4 is 10.2 Å². The topological polar surface area (TPSA) is 57.8 Å². The second-order valence-corrected chi connectivity index (χ2v) is 9.41. The van der Waals surface area contributed by atoms with Gasteiger partial charge in [0.25, 0.3) is 0 Å². The molecule has 0 radical (unpaired) electrons. The Balaban J connectivity index is 1.49. The van der Waals surface area contributed by atoms with Gasteiger partial charge in [-0.25, -0.2) is 23.4 Å². The zero-order valence-corrected chi connectivity index (χ0v) is 20.9. The number of halogens is 2. The van der Waals surface area contributed by atoms with Gasteiger partial charge in [-0.05, 0) is 73.2 Å². The van der Waals surface area contributed by atoms with Gasteiger partial charge in [-0.2, -0.15) is 5.10 Å². The molecule has 1 atom stereocenters. The van der Waals surface area contributed by atoms with Gasteiger partial charge in [0, 0.05) is 11.3 Å². The molecule has 2 aliphatic rings. The average Bonchev–Trinajstić information content (AvgIpc) is 3.30. The number of aliphatic imine (C=N–C) groups is 2. The summed E-state index contributed by atoms with van der Waals surface area (Å²) in [6, 6.07) is 30.0. The van der Waals surface area contributed by atoms with E-state index >= 15 is 0 Å². The molecule has 1 aromatic heterocycles. The summed E-state index contributed by atoms with van der Waals surface area (Å²) in [4.78, 5) is 12.2. The number of nitrogens with one attached hydrogen (secondary N) is 1. The van der Waals surface area contributed by atoms with E-state index in [1.807, 2.05) is 66.2 Å². The number of benzene rings is 4. The lowest BCUT2D eigenvalue weighted by Gasteiger charge is -2.40. The zero-order chi connectivity index (χ0) is 26.5. The van der Waals surface area contributed by atoms with Gasteiger partial charge in [-0.1, -0.05) is 42.5 Å². The molecule has 7 rings (SSSR count). The number of nitrogens with zero attached hydrogens (tertiary/aromatic N) is 5. The molecule has 39 heavy (non-hydrogen) atoms. The second-order valence-electron chi connectivity index (χ2n) is 9.41. The summed E-state index contributed by atoms with van der Waals surface area (Å²) in [5.74, 6) is 1.14. The van der Waals surface area contributed by atoms with Gasteiger partial charge in [-0.3, -0.25) is 0 Å². The SMILES string of the molecule is Cc1nn(-c2ccccc2)c2c1[C@@H](c1ccc(F)cc1)N1C(=N2)C(Nc2ccc(F)cc2)=Nc2ccccc21. The fourth-order valence-corrected chi connectivity index (χ4v) is 5.18. The highest BCUT2D eigenvalue weighted by molar-refractivity contribution is 6.51. The van der Waals surface area contributed by atoms with Crippen LogP contribution in [-0.2, 0) is 0 Å². The van der Waals surface area contributed by atoms with E-state index < -0.39 is 0 Å². The van der Waals surface area contributed by atoms with Crippen LogP contribution in [0.4, 0.5) is 31.7 Å². The van der Waals surface area contributed by atoms with Gasteiger partial charge in [0.05, 0.1) is 28.8 Å². The number of hydrogen-bond donors (Lipinski definition) is 1. The van der Waals surface area contributed by atoms with Crippen LogP contribution in [0.3, 0.4) is 0 Å². The Morgan fingerprint density at radius 3 is 2.15 bits per heavy atom. The van der Waals surface area contributed by atoms with E-state index in [1.165, 1.54) is 24.3 Å². The maximum atomic E-state index is 14.0. The van der Waals surface area contributed by atoms with Crippen LogP contribution in [0.25, 0.3) is 5.69 Å². The van der Waals surface area contributed by atoms with Crippen molar-refractivity contribution in [2.75, 3.05) is 10.2 Å². The predicted molar refractivity (Wildman–Crippen MR) is 150 cm³/mol. The van der Waals surface area contributed by atoms with Crippen molar-refractivity contribution in [2.45, 2.75) is 13.0 Å². The first-order valence-electron chi connectivity index (χ1n) is 12.6. The van der Waals surface area contributed by atoms with E-state index in [-0.39, 0.29) is 17.7 Å². The van der Waals surface area contributed by atoms with Crippen molar-refractivity contribution in [3.05, 3.63) is 132 Å². The first kappa shape index (κ1) is 23.0. The minimum Gasteiger partial charge on any atom is -0.337 e. The van der Waals surface area contributed by atoms with Crippen LogP contribution in [0.15, 0.2) is 113 Å². The smallest absolute Gasteiger partial charge is 0.179 e. The summed E-state index contributed by atoms with van der Waals surface area (Å²) in [5, 5.41) is 8.24. The molecule has 0 fully saturated rings. The zero-order valence-electron chi connectivity index (χ0n) is 20.9. The fraction of sp³-hybridized carbons (Fsp3) is 0.0645. The number of amidine groups is 2. The molecule has 0 amide bonds. The van der Waals surface area contributed by atoms with Gasteiger partial charge >= 0.3 is 0 Å². The number of rotatable bonds is 3. The van der Waals surface area contributed by atoms with Crippen LogP contribution in [0, 0.1) is 18.6 Å². The molecule has 0 unspecified atom stereocenters.